The average molecular weight is 316 g/mol. The van der Waals surface area contributed by atoms with E-state index in [0.29, 0.717) is 11.1 Å². The Bertz CT molecular complexity index is 692. The Morgan fingerprint density at radius 1 is 1.24 bits per heavy atom. The van der Waals surface area contributed by atoms with Crippen LogP contribution >= 0.6 is 0 Å². The van der Waals surface area contributed by atoms with Gasteiger partial charge in [-0.25, -0.2) is 0 Å². The lowest BCUT2D eigenvalue weighted by atomic mass is 10.1. The first kappa shape index (κ1) is 15.8. The molecular weight excluding hydrogens is 301 g/mol. The van der Waals surface area contributed by atoms with Gasteiger partial charge in [-0.15, -0.1) is 0 Å². The van der Waals surface area contributed by atoms with Crippen molar-refractivity contribution in [3.05, 3.63) is 35.5 Å². The van der Waals surface area contributed by atoms with Gasteiger partial charge in [0.2, 0.25) is 0 Å². The first-order chi connectivity index (χ1) is 9.67. The van der Waals surface area contributed by atoms with Crippen molar-refractivity contribution in [2.45, 2.75) is 24.9 Å². The van der Waals surface area contributed by atoms with Gasteiger partial charge in [-0.3, -0.25) is 8.89 Å². The zero-order chi connectivity index (χ0) is 15.8. The molecule has 114 valence electrons. The molecule has 0 N–H and O–H groups in total. The zero-order valence-electron chi connectivity index (χ0n) is 11.9. The van der Waals surface area contributed by atoms with Crippen LogP contribution in [0.25, 0.3) is 11.3 Å². The maximum absolute atomic E-state index is 12.4. The molecular formula is C14H15F3N2OS. The molecule has 0 radical (unpaired) electrons. The molecule has 0 spiro atoms. The number of aryl methyl sites for hydroxylation is 3. The van der Waals surface area contributed by atoms with Crippen molar-refractivity contribution in [1.29, 1.82) is 0 Å². The van der Waals surface area contributed by atoms with Crippen molar-refractivity contribution < 1.29 is 17.4 Å². The van der Waals surface area contributed by atoms with Gasteiger partial charge >= 0.3 is 6.18 Å². The Morgan fingerprint density at radius 3 is 2.43 bits per heavy atom. The molecule has 1 heterocycles. The van der Waals surface area contributed by atoms with Gasteiger partial charge in [-0.2, -0.15) is 18.3 Å². The van der Waals surface area contributed by atoms with Gasteiger partial charge in [0.1, 0.15) is 5.75 Å². The van der Waals surface area contributed by atoms with E-state index >= 15 is 0 Å². The number of hydrogen-bond acceptors (Lipinski definition) is 2. The number of rotatable bonds is 3. The van der Waals surface area contributed by atoms with Crippen LogP contribution in [0, 0.1) is 13.8 Å². The predicted octanol–water partition coefficient (Wildman–Crippen LogP) is 3.37. The third kappa shape index (κ3) is 3.72. The Hall–Kier alpha value is -1.63. The summed E-state index contributed by atoms with van der Waals surface area (Å²) >= 11 is 0. The molecule has 1 aromatic carbocycles. The summed E-state index contributed by atoms with van der Waals surface area (Å²) in [6.07, 6.45) is -4.45. The van der Waals surface area contributed by atoms with E-state index in [-0.39, 0.29) is 4.90 Å². The van der Waals surface area contributed by atoms with Gasteiger partial charge in [-0.05, 0) is 31.5 Å². The number of nitrogens with zero attached hydrogens (tertiary/aromatic N) is 2. The molecule has 0 saturated heterocycles. The highest BCUT2D eigenvalue weighted by Crippen LogP contribution is 2.27. The zero-order valence-corrected chi connectivity index (χ0v) is 12.7. The van der Waals surface area contributed by atoms with Crippen LogP contribution in [-0.4, -0.2) is 25.9 Å². The summed E-state index contributed by atoms with van der Waals surface area (Å²) < 4.78 is 50.8. The Labute approximate surface area is 123 Å². The van der Waals surface area contributed by atoms with Crippen LogP contribution in [0.5, 0.6) is 0 Å². The van der Waals surface area contributed by atoms with Crippen LogP contribution in [0.4, 0.5) is 13.2 Å². The van der Waals surface area contributed by atoms with Crippen LogP contribution in [0.3, 0.4) is 0 Å². The number of halogens is 3. The lowest BCUT2D eigenvalue weighted by Gasteiger charge is -2.11. The second-order valence-electron chi connectivity index (χ2n) is 4.88. The summed E-state index contributed by atoms with van der Waals surface area (Å²) in [5.41, 5.74) is 2.87. The molecule has 0 fully saturated rings. The van der Waals surface area contributed by atoms with E-state index in [1.807, 2.05) is 13.0 Å². The molecule has 21 heavy (non-hydrogen) atoms. The molecule has 0 aliphatic carbocycles. The minimum absolute atomic E-state index is 0.212. The number of benzene rings is 1. The van der Waals surface area contributed by atoms with Gasteiger partial charge in [0, 0.05) is 17.5 Å². The molecule has 0 saturated carbocycles. The molecule has 1 unspecified atom stereocenters. The molecule has 3 nitrogen and oxygen atoms in total. The van der Waals surface area contributed by atoms with Gasteiger partial charge < -0.3 is 0 Å². The molecule has 0 aliphatic rings. The largest absolute Gasteiger partial charge is 0.400 e. The lowest BCUT2D eigenvalue weighted by molar-refractivity contribution is -0.105. The normalized spacial score (nSPS) is 13.4. The number of alkyl halides is 3. The minimum Gasteiger partial charge on any atom is -0.268 e. The summed E-state index contributed by atoms with van der Waals surface area (Å²) in [5, 5.41) is 4.20. The van der Waals surface area contributed by atoms with Crippen molar-refractivity contribution in [2.24, 2.45) is 7.05 Å². The van der Waals surface area contributed by atoms with E-state index in [0.717, 1.165) is 11.4 Å². The van der Waals surface area contributed by atoms with E-state index in [1.54, 1.807) is 36.9 Å². The molecule has 0 aliphatic heterocycles. The summed E-state index contributed by atoms with van der Waals surface area (Å²) in [5.74, 6) is -1.33. The average Bonchev–Trinajstić information content (AvgIpc) is 2.67. The minimum atomic E-state index is -4.45. The van der Waals surface area contributed by atoms with Gasteiger partial charge in [-0.1, -0.05) is 12.1 Å². The number of hydrogen-bond donors (Lipinski definition) is 0. The van der Waals surface area contributed by atoms with E-state index in [4.69, 9.17) is 0 Å². The van der Waals surface area contributed by atoms with Crippen molar-refractivity contribution in [3.63, 3.8) is 0 Å². The summed E-state index contributed by atoms with van der Waals surface area (Å²) in [7, 11) is -0.345. The van der Waals surface area contributed by atoms with Crippen LogP contribution in [0.15, 0.2) is 29.2 Å². The lowest BCUT2D eigenvalue weighted by Crippen LogP contribution is -2.19. The van der Waals surface area contributed by atoms with Crippen molar-refractivity contribution >= 4 is 10.8 Å². The Kier molecular flexibility index (Phi) is 4.22. The first-order valence-electron chi connectivity index (χ1n) is 6.24. The third-order valence-corrected chi connectivity index (χ3v) is 4.55. The van der Waals surface area contributed by atoms with Gasteiger partial charge in [0.15, 0.2) is 0 Å². The van der Waals surface area contributed by atoms with Crippen LogP contribution < -0.4 is 0 Å². The van der Waals surface area contributed by atoms with Crippen molar-refractivity contribution in [2.75, 3.05) is 5.75 Å². The predicted molar refractivity (Wildman–Crippen MR) is 75.4 cm³/mol. The second-order valence-corrected chi connectivity index (χ2v) is 6.30. The van der Waals surface area contributed by atoms with Crippen LogP contribution in [0.2, 0.25) is 0 Å². The monoisotopic (exact) mass is 316 g/mol. The van der Waals surface area contributed by atoms with E-state index in [9.17, 15) is 17.4 Å². The quantitative estimate of drug-likeness (QED) is 0.870. The van der Waals surface area contributed by atoms with E-state index in [2.05, 4.69) is 5.10 Å². The molecule has 0 amide bonds. The van der Waals surface area contributed by atoms with Crippen molar-refractivity contribution in [3.8, 4) is 11.3 Å². The molecule has 7 heteroatoms. The smallest absolute Gasteiger partial charge is 0.268 e. The Morgan fingerprint density at radius 2 is 1.90 bits per heavy atom. The van der Waals surface area contributed by atoms with Crippen LogP contribution in [-0.2, 0) is 17.8 Å². The highest BCUT2D eigenvalue weighted by Gasteiger charge is 2.31. The maximum Gasteiger partial charge on any atom is 0.400 e. The Balaban J connectivity index is 2.42. The molecule has 1 aromatic heterocycles. The van der Waals surface area contributed by atoms with Gasteiger partial charge in [0.05, 0.1) is 22.2 Å². The molecule has 1 atom stereocenters. The molecule has 2 rings (SSSR count). The third-order valence-electron chi connectivity index (χ3n) is 3.03. The fraction of sp³-hybridized carbons (Fsp3) is 0.357. The SMILES string of the molecule is Cc1cc(-c2ccc(C)c(S(=O)CC(F)(F)F)c2)n(C)n1. The topological polar surface area (TPSA) is 34.9 Å². The highest BCUT2D eigenvalue weighted by molar-refractivity contribution is 7.85. The highest BCUT2D eigenvalue weighted by atomic mass is 32.2. The van der Waals surface area contributed by atoms with E-state index in [1.165, 1.54) is 0 Å². The number of aromatic nitrogens is 2. The second kappa shape index (κ2) is 5.63. The summed E-state index contributed by atoms with van der Waals surface area (Å²) in [6, 6.07) is 6.86. The fourth-order valence-corrected chi connectivity index (χ4v) is 3.25. The molecule has 2 aromatic rings. The molecule has 0 bridgehead atoms. The maximum atomic E-state index is 12.4. The van der Waals surface area contributed by atoms with Crippen LogP contribution in [0.1, 0.15) is 11.3 Å². The van der Waals surface area contributed by atoms with Gasteiger partial charge in [0.25, 0.3) is 0 Å². The standard InChI is InChI=1S/C14H15F3N2OS/c1-9-4-5-11(12-6-10(2)18-19(12)3)7-13(9)21(20)8-14(15,16)17/h4-7H,8H2,1-3H3. The summed E-state index contributed by atoms with van der Waals surface area (Å²) in [4.78, 5) is 0.212. The fourth-order valence-electron chi connectivity index (χ4n) is 2.11. The van der Waals surface area contributed by atoms with E-state index < -0.39 is 22.7 Å². The van der Waals surface area contributed by atoms with Crippen molar-refractivity contribution in [1.82, 2.24) is 9.78 Å². The summed E-state index contributed by atoms with van der Waals surface area (Å²) in [6.45, 7) is 3.49. The first-order valence-corrected chi connectivity index (χ1v) is 7.56.